The van der Waals surface area contributed by atoms with Crippen LogP contribution in [0.5, 0.6) is 0 Å². The van der Waals surface area contributed by atoms with Crippen LogP contribution >= 0.6 is 0 Å². The molecule has 0 aliphatic carbocycles. The molecule has 0 aliphatic rings. The fourth-order valence-electron chi connectivity index (χ4n) is 2.13. The summed E-state index contributed by atoms with van der Waals surface area (Å²) in [6.45, 7) is 5.47. The Morgan fingerprint density at radius 2 is 2.20 bits per heavy atom. The average Bonchev–Trinajstić information content (AvgIpc) is 3.05. The van der Waals surface area contributed by atoms with E-state index in [0.717, 1.165) is 5.56 Å². The molecule has 0 saturated heterocycles. The zero-order chi connectivity index (χ0) is 18.4. The molecular weight excluding hydrogens is 322 g/mol. The van der Waals surface area contributed by atoms with Gasteiger partial charge in [0, 0.05) is 18.7 Å². The number of nitriles is 1. The van der Waals surface area contributed by atoms with Gasteiger partial charge in [-0.15, -0.1) is 6.58 Å². The van der Waals surface area contributed by atoms with Gasteiger partial charge in [-0.3, -0.25) is 14.9 Å². The first-order chi connectivity index (χ1) is 12.0. The molecule has 1 aromatic carbocycles. The monoisotopic (exact) mass is 337 g/mol. The smallest absolute Gasteiger partial charge is 0.280 e. The Balaban J connectivity index is 2.36. The van der Waals surface area contributed by atoms with Crippen LogP contribution in [0.3, 0.4) is 0 Å². The zero-order valence-electron chi connectivity index (χ0n) is 13.5. The van der Waals surface area contributed by atoms with Crippen molar-refractivity contribution in [3.63, 3.8) is 0 Å². The number of hydrogen-bond acceptors (Lipinski definition) is 5. The van der Waals surface area contributed by atoms with Gasteiger partial charge in [-0.25, -0.2) is 0 Å². The summed E-state index contributed by atoms with van der Waals surface area (Å²) >= 11 is 0. The molecule has 0 unspecified atom stereocenters. The molecule has 0 fully saturated rings. The minimum absolute atomic E-state index is 0.0749. The molecule has 0 radical (unpaired) electrons. The second kappa shape index (κ2) is 7.75. The molecule has 1 aromatic heterocycles. The molecule has 2 rings (SSSR count). The summed E-state index contributed by atoms with van der Waals surface area (Å²) < 4.78 is 5.56. The minimum atomic E-state index is -0.554. The van der Waals surface area contributed by atoms with E-state index in [4.69, 9.17) is 9.68 Å². The predicted octanol–water partition coefficient (Wildman–Crippen LogP) is 3.37. The minimum Gasteiger partial charge on any atom is -0.456 e. The van der Waals surface area contributed by atoms with Crippen LogP contribution in [0.15, 0.2) is 53.0 Å². The third-order valence-electron chi connectivity index (χ3n) is 3.30. The van der Waals surface area contributed by atoms with Crippen molar-refractivity contribution in [2.75, 3.05) is 6.54 Å². The summed E-state index contributed by atoms with van der Waals surface area (Å²) in [6.07, 6.45) is 2.77. The molecule has 25 heavy (non-hydrogen) atoms. The first-order valence-corrected chi connectivity index (χ1v) is 7.32. The van der Waals surface area contributed by atoms with E-state index in [1.54, 1.807) is 31.2 Å². The van der Waals surface area contributed by atoms with Crippen LogP contribution in [0, 0.1) is 28.4 Å². The van der Waals surface area contributed by atoms with Gasteiger partial charge in [0.1, 0.15) is 23.2 Å². The molecule has 2 aromatic rings. The van der Waals surface area contributed by atoms with Crippen molar-refractivity contribution in [1.82, 2.24) is 5.32 Å². The van der Waals surface area contributed by atoms with Crippen molar-refractivity contribution < 1.29 is 14.1 Å². The van der Waals surface area contributed by atoms with Crippen LogP contribution < -0.4 is 5.32 Å². The number of furan rings is 1. The van der Waals surface area contributed by atoms with Gasteiger partial charge in [0.15, 0.2) is 0 Å². The van der Waals surface area contributed by atoms with Crippen molar-refractivity contribution in [3.05, 3.63) is 70.0 Å². The molecular formula is C18H15N3O4. The molecule has 126 valence electrons. The van der Waals surface area contributed by atoms with Gasteiger partial charge in [0.25, 0.3) is 11.6 Å². The van der Waals surface area contributed by atoms with Gasteiger partial charge in [0.2, 0.25) is 0 Å². The number of carbonyl (C=O) groups is 1. The lowest BCUT2D eigenvalue weighted by atomic mass is 10.1. The lowest BCUT2D eigenvalue weighted by Gasteiger charge is -2.01. The van der Waals surface area contributed by atoms with E-state index in [9.17, 15) is 14.9 Å². The summed E-state index contributed by atoms with van der Waals surface area (Å²) in [7, 11) is 0. The number of hydrogen-bond donors (Lipinski definition) is 1. The van der Waals surface area contributed by atoms with E-state index in [2.05, 4.69) is 11.9 Å². The summed E-state index contributed by atoms with van der Waals surface area (Å²) in [6, 6.07) is 9.68. The molecule has 7 heteroatoms. The molecule has 0 spiro atoms. The number of nitrogens with one attached hydrogen (secondary N) is 1. The largest absolute Gasteiger partial charge is 0.456 e. The van der Waals surface area contributed by atoms with Gasteiger partial charge in [0.05, 0.1) is 10.5 Å². The number of nitrogens with zero attached hydrogens (tertiary/aromatic N) is 2. The maximum absolute atomic E-state index is 11.8. The number of nitro benzene ring substituents is 1. The summed E-state index contributed by atoms with van der Waals surface area (Å²) in [5, 5.41) is 22.8. The molecule has 1 heterocycles. The lowest BCUT2D eigenvalue weighted by Crippen LogP contribution is -2.24. The molecule has 0 aliphatic heterocycles. The second-order valence-corrected chi connectivity index (χ2v) is 5.15. The Labute approximate surface area is 144 Å². The lowest BCUT2D eigenvalue weighted by molar-refractivity contribution is -0.384. The van der Waals surface area contributed by atoms with Crippen molar-refractivity contribution >= 4 is 17.7 Å². The Morgan fingerprint density at radius 3 is 2.84 bits per heavy atom. The third-order valence-corrected chi connectivity index (χ3v) is 3.30. The fourth-order valence-corrected chi connectivity index (χ4v) is 2.13. The van der Waals surface area contributed by atoms with Gasteiger partial charge >= 0.3 is 0 Å². The van der Waals surface area contributed by atoms with Crippen LogP contribution in [-0.2, 0) is 4.79 Å². The highest BCUT2D eigenvalue weighted by Crippen LogP contribution is 2.32. The van der Waals surface area contributed by atoms with E-state index in [1.807, 2.05) is 0 Å². The van der Waals surface area contributed by atoms with Gasteiger partial charge in [-0.2, -0.15) is 5.26 Å². The Hall–Kier alpha value is -3.66. The van der Waals surface area contributed by atoms with E-state index in [1.165, 1.54) is 24.3 Å². The highest BCUT2D eigenvalue weighted by Gasteiger charge is 2.18. The van der Waals surface area contributed by atoms with Gasteiger partial charge < -0.3 is 9.73 Å². The highest BCUT2D eigenvalue weighted by atomic mass is 16.6. The third kappa shape index (κ3) is 4.20. The Morgan fingerprint density at radius 1 is 1.44 bits per heavy atom. The van der Waals surface area contributed by atoms with Crippen LogP contribution in [-0.4, -0.2) is 17.4 Å². The average molecular weight is 337 g/mol. The first-order valence-electron chi connectivity index (χ1n) is 7.32. The maximum atomic E-state index is 11.8. The van der Waals surface area contributed by atoms with Crippen LogP contribution in [0.1, 0.15) is 11.3 Å². The van der Waals surface area contributed by atoms with Crippen molar-refractivity contribution in [2.45, 2.75) is 6.92 Å². The normalized spacial score (nSPS) is 10.8. The number of aryl methyl sites for hydroxylation is 1. The number of carbonyl (C=O) groups excluding carboxylic acids is 1. The Kier molecular flexibility index (Phi) is 5.48. The molecule has 0 atom stereocenters. The maximum Gasteiger partial charge on any atom is 0.280 e. The molecule has 7 nitrogen and oxygen atoms in total. The van der Waals surface area contributed by atoms with E-state index < -0.39 is 10.8 Å². The van der Waals surface area contributed by atoms with Crippen molar-refractivity contribution in [3.8, 4) is 17.4 Å². The predicted molar refractivity (Wildman–Crippen MR) is 92.3 cm³/mol. The first kappa shape index (κ1) is 17.7. The standard InChI is InChI=1S/C18H15N3O4/c1-3-8-20-18(22)13(11-19)10-14-5-7-17(25-14)15-6-4-12(2)9-16(15)21(23)24/h3-7,9-10H,1,8H2,2H3,(H,20,22)/b13-10+. The molecule has 0 saturated carbocycles. The number of nitro groups is 1. The molecule has 1 N–H and O–H groups in total. The van der Waals surface area contributed by atoms with Crippen LogP contribution in [0.4, 0.5) is 5.69 Å². The van der Waals surface area contributed by atoms with Gasteiger partial charge in [-0.05, 0) is 30.7 Å². The fraction of sp³-hybridized carbons (Fsp3) is 0.111. The number of benzene rings is 1. The quantitative estimate of drug-likeness (QED) is 0.286. The Bertz CT molecular complexity index is 903. The molecule has 0 bridgehead atoms. The van der Waals surface area contributed by atoms with E-state index in [-0.39, 0.29) is 29.3 Å². The molecule has 1 amide bonds. The summed E-state index contributed by atoms with van der Waals surface area (Å²) in [5.41, 5.74) is 0.868. The van der Waals surface area contributed by atoms with E-state index in [0.29, 0.717) is 5.56 Å². The topological polar surface area (TPSA) is 109 Å². The second-order valence-electron chi connectivity index (χ2n) is 5.15. The van der Waals surface area contributed by atoms with E-state index >= 15 is 0 Å². The number of amides is 1. The van der Waals surface area contributed by atoms with Crippen molar-refractivity contribution in [1.29, 1.82) is 5.26 Å². The summed E-state index contributed by atoms with van der Waals surface area (Å²) in [4.78, 5) is 22.5. The van der Waals surface area contributed by atoms with Crippen LogP contribution in [0.2, 0.25) is 0 Å². The SMILES string of the molecule is C=CCNC(=O)/C(C#N)=C/c1ccc(-c2ccc(C)cc2[N+](=O)[O-])o1. The van der Waals surface area contributed by atoms with Crippen LogP contribution in [0.25, 0.3) is 17.4 Å². The number of rotatable bonds is 6. The van der Waals surface area contributed by atoms with Crippen molar-refractivity contribution in [2.24, 2.45) is 0 Å². The van der Waals surface area contributed by atoms with Gasteiger partial charge in [-0.1, -0.05) is 12.1 Å². The highest BCUT2D eigenvalue weighted by molar-refractivity contribution is 6.01. The zero-order valence-corrected chi connectivity index (χ0v) is 13.5. The summed E-state index contributed by atoms with van der Waals surface area (Å²) in [5.74, 6) is -0.0291.